The first-order chi connectivity index (χ1) is 10.3. The maximum Gasteiger partial charge on any atom is 0.327 e. The van der Waals surface area contributed by atoms with E-state index >= 15 is 0 Å². The summed E-state index contributed by atoms with van der Waals surface area (Å²) >= 11 is 0. The molecule has 0 amide bonds. The second kappa shape index (κ2) is 5.77. The lowest BCUT2D eigenvalue weighted by Crippen LogP contribution is -2.15. The number of carboxylic acids is 1. The number of aromatic nitrogens is 3. The molecular weight excluding hydrogens is 318 g/mol. The fourth-order valence-electron chi connectivity index (χ4n) is 1.48. The van der Waals surface area contributed by atoms with Crippen LogP contribution in [0.4, 0.5) is 11.5 Å². The van der Waals surface area contributed by atoms with Crippen molar-refractivity contribution in [2.75, 3.05) is 4.72 Å². The number of sulfonamides is 1. The van der Waals surface area contributed by atoms with Crippen molar-refractivity contribution in [3.8, 4) is 0 Å². The number of hydrogen-bond acceptors (Lipinski definition) is 7. The van der Waals surface area contributed by atoms with Crippen molar-refractivity contribution in [3.05, 3.63) is 40.6 Å². The van der Waals surface area contributed by atoms with Crippen molar-refractivity contribution in [1.82, 2.24) is 15.0 Å². The van der Waals surface area contributed by atoms with Gasteiger partial charge in [0.15, 0.2) is 12.4 Å². The van der Waals surface area contributed by atoms with E-state index in [1.54, 1.807) is 0 Å². The summed E-state index contributed by atoms with van der Waals surface area (Å²) in [6.07, 6.45) is 1.05. The lowest BCUT2D eigenvalue weighted by molar-refractivity contribution is -0.384. The summed E-state index contributed by atoms with van der Waals surface area (Å²) in [6, 6.07) is 4.25. The quantitative estimate of drug-likeness (QED) is 0.557. The average molecular weight is 327 g/mol. The van der Waals surface area contributed by atoms with E-state index in [0.29, 0.717) is 0 Å². The summed E-state index contributed by atoms with van der Waals surface area (Å²) in [6.45, 7) is -0.515. The Hall–Kier alpha value is -3.02. The van der Waals surface area contributed by atoms with Crippen LogP contribution < -0.4 is 4.72 Å². The minimum Gasteiger partial charge on any atom is -0.480 e. The number of nitro benzene ring substituents is 1. The van der Waals surface area contributed by atoms with Crippen LogP contribution >= 0.6 is 0 Å². The molecule has 1 aromatic carbocycles. The van der Waals surface area contributed by atoms with E-state index in [4.69, 9.17) is 5.11 Å². The Bertz CT molecular complexity index is 813. The second-order valence-electron chi connectivity index (χ2n) is 4.01. The number of benzene rings is 1. The van der Waals surface area contributed by atoms with Crippen molar-refractivity contribution in [3.63, 3.8) is 0 Å². The second-order valence-corrected chi connectivity index (χ2v) is 5.69. The molecule has 0 fully saturated rings. The van der Waals surface area contributed by atoms with Gasteiger partial charge in [0, 0.05) is 12.1 Å². The number of carbonyl (C=O) groups is 1. The summed E-state index contributed by atoms with van der Waals surface area (Å²) in [5.41, 5.74) is -0.244. The summed E-state index contributed by atoms with van der Waals surface area (Å²) in [5, 5.41) is 26.3. The average Bonchev–Trinajstić information content (AvgIpc) is 2.84. The molecule has 0 bridgehead atoms. The topological polar surface area (TPSA) is 157 Å². The van der Waals surface area contributed by atoms with Crippen LogP contribution in [-0.4, -0.2) is 39.4 Å². The molecule has 0 atom stereocenters. The number of carboxylic acid groups (broad SMARTS) is 1. The SMILES string of the molecule is O=C(O)Cn1ncc(NS(=O)(=O)c2ccc([N+](=O)[O-])cc2)n1. The zero-order valence-electron chi connectivity index (χ0n) is 10.8. The van der Waals surface area contributed by atoms with Crippen LogP contribution in [0.5, 0.6) is 0 Å². The van der Waals surface area contributed by atoms with Gasteiger partial charge in [-0.2, -0.15) is 9.90 Å². The highest BCUT2D eigenvalue weighted by Crippen LogP contribution is 2.17. The fraction of sp³-hybridized carbons (Fsp3) is 0.100. The molecule has 2 aromatic rings. The predicted molar refractivity (Wildman–Crippen MR) is 71.6 cm³/mol. The molecule has 12 heteroatoms. The van der Waals surface area contributed by atoms with E-state index < -0.39 is 27.5 Å². The maximum atomic E-state index is 12.0. The van der Waals surface area contributed by atoms with Gasteiger partial charge in [0.1, 0.15) is 0 Å². The largest absolute Gasteiger partial charge is 0.480 e. The summed E-state index contributed by atoms with van der Waals surface area (Å²) < 4.78 is 26.2. The van der Waals surface area contributed by atoms with Crippen molar-refractivity contribution < 1.29 is 23.2 Å². The fourth-order valence-corrected chi connectivity index (χ4v) is 2.47. The Morgan fingerprint density at radius 3 is 2.55 bits per heavy atom. The zero-order valence-corrected chi connectivity index (χ0v) is 11.6. The standard InChI is InChI=1S/C10H9N5O6S/c16-10(17)6-14-11-5-9(12-14)13-22(20,21)8-3-1-7(2-4-8)15(18)19/h1-5H,6H2,(H,12,13)(H,16,17). The minimum atomic E-state index is -4.01. The smallest absolute Gasteiger partial charge is 0.327 e. The molecule has 0 aliphatic rings. The number of hydrogen-bond donors (Lipinski definition) is 2. The van der Waals surface area contributed by atoms with Crippen molar-refractivity contribution in [2.24, 2.45) is 0 Å². The number of anilines is 1. The van der Waals surface area contributed by atoms with Crippen LogP contribution in [0.2, 0.25) is 0 Å². The molecule has 1 aromatic heterocycles. The van der Waals surface area contributed by atoms with Gasteiger partial charge in [-0.3, -0.25) is 19.6 Å². The normalized spacial score (nSPS) is 11.1. The maximum absolute atomic E-state index is 12.0. The monoisotopic (exact) mass is 327 g/mol. The lowest BCUT2D eigenvalue weighted by Gasteiger charge is -2.04. The van der Waals surface area contributed by atoms with Gasteiger partial charge in [0.05, 0.1) is 16.0 Å². The van der Waals surface area contributed by atoms with Gasteiger partial charge in [-0.05, 0) is 12.1 Å². The lowest BCUT2D eigenvalue weighted by atomic mass is 10.3. The number of nitrogens with one attached hydrogen (secondary N) is 1. The Morgan fingerprint density at radius 1 is 1.36 bits per heavy atom. The van der Waals surface area contributed by atoms with E-state index in [1.165, 1.54) is 0 Å². The highest BCUT2D eigenvalue weighted by atomic mass is 32.2. The van der Waals surface area contributed by atoms with Crippen molar-refractivity contribution >= 4 is 27.5 Å². The third-order valence-corrected chi connectivity index (χ3v) is 3.78. The van der Waals surface area contributed by atoms with Crippen LogP contribution in [0.15, 0.2) is 35.4 Å². The number of non-ortho nitro benzene ring substituents is 1. The first kappa shape index (κ1) is 15.4. The van der Waals surface area contributed by atoms with E-state index in [-0.39, 0.29) is 16.4 Å². The van der Waals surface area contributed by atoms with Gasteiger partial charge in [0.2, 0.25) is 0 Å². The van der Waals surface area contributed by atoms with Gasteiger partial charge < -0.3 is 5.11 Å². The number of nitro groups is 1. The third kappa shape index (κ3) is 3.54. The van der Waals surface area contributed by atoms with Crippen molar-refractivity contribution in [1.29, 1.82) is 0 Å². The Morgan fingerprint density at radius 2 is 2.00 bits per heavy atom. The highest BCUT2D eigenvalue weighted by molar-refractivity contribution is 7.92. The Kier molecular flexibility index (Phi) is 4.03. The Labute approximate surface area is 123 Å². The summed E-state index contributed by atoms with van der Waals surface area (Å²) in [7, 11) is -4.01. The van der Waals surface area contributed by atoms with Gasteiger partial charge in [0.25, 0.3) is 15.7 Å². The molecule has 22 heavy (non-hydrogen) atoms. The molecule has 0 spiro atoms. The van der Waals surface area contributed by atoms with E-state index in [1.807, 2.05) is 0 Å². The molecule has 2 N–H and O–H groups in total. The molecule has 116 valence electrons. The third-order valence-electron chi connectivity index (χ3n) is 2.41. The zero-order chi connectivity index (χ0) is 16.3. The van der Waals surface area contributed by atoms with Gasteiger partial charge in [-0.15, -0.1) is 5.10 Å². The van der Waals surface area contributed by atoms with Crippen molar-refractivity contribution in [2.45, 2.75) is 11.4 Å². The predicted octanol–water partition coefficient (Wildman–Crippen LogP) is 0.0717. The number of nitrogens with zero attached hydrogens (tertiary/aromatic N) is 4. The molecule has 0 aliphatic heterocycles. The summed E-state index contributed by atoms with van der Waals surface area (Å²) in [5.74, 6) is -1.35. The first-order valence-corrected chi connectivity index (χ1v) is 7.15. The van der Waals surface area contributed by atoms with Gasteiger partial charge >= 0.3 is 5.97 Å². The molecule has 0 aliphatic carbocycles. The van der Waals surface area contributed by atoms with E-state index in [9.17, 15) is 23.3 Å². The number of rotatable bonds is 6. The summed E-state index contributed by atoms with van der Waals surface area (Å²) in [4.78, 5) is 20.9. The van der Waals surface area contributed by atoms with Crippen LogP contribution in [0.3, 0.4) is 0 Å². The van der Waals surface area contributed by atoms with Gasteiger partial charge in [-0.1, -0.05) is 0 Å². The van der Waals surface area contributed by atoms with Crippen LogP contribution in [-0.2, 0) is 21.4 Å². The molecule has 0 radical (unpaired) electrons. The molecule has 0 unspecified atom stereocenters. The van der Waals surface area contributed by atoms with E-state index in [2.05, 4.69) is 14.9 Å². The van der Waals surface area contributed by atoms with Crippen LogP contribution in [0.1, 0.15) is 0 Å². The highest BCUT2D eigenvalue weighted by Gasteiger charge is 2.17. The Balaban J connectivity index is 2.18. The first-order valence-electron chi connectivity index (χ1n) is 5.67. The van der Waals surface area contributed by atoms with Gasteiger partial charge in [-0.25, -0.2) is 8.42 Å². The van der Waals surface area contributed by atoms with Crippen LogP contribution in [0.25, 0.3) is 0 Å². The molecule has 11 nitrogen and oxygen atoms in total. The molecular formula is C10H9N5O6S. The molecule has 0 saturated carbocycles. The van der Waals surface area contributed by atoms with E-state index in [0.717, 1.165) is 35.3 Å². The molecule has 0 saturated heterocycles. The molecule has 1 heterocycles. The van der Waals surface area contributed by atoms with Crippen LogP contribution in [0, 0.1) is 10.1 Å². The number of aliphatic carboxylic acids is 1. The minimum absolute atomic E-state index is 0.167. The molecule has 2 rings (SSSR count).